The first-order valence-electron chi connectivity index (χ1n) is 8.48. The number of hydrogen-bond donors (Lipinski definition) is 0. The summed E-state index contributed by atoms with van der Waals surface area (Å²) >= 11 is 0. The van der Waals surface area contributed by atoms with Gasteiger partial charge in [0, 0.05) is 18.7 Å². The topological polar surface area (TPSA) is 51.9 Å². The van der Waals surface area contributed by atoms with Crippen molar-refractivity contribution < 1.29 is 18.7 Å². The molecule has 130 valence electrons. The van der Waals surface area contributed by atoms with Crippen LogP contribution in [-0.2, 0) is 6.54 Å². The predicted molar refractivity (Wildman–Crippen MR) is 93.7 cm³/mol. The average molecular weight is 339 g/mol. The van der Waals surface area contributed by atoms with Crippen LogP contribution in [0.15, 0.2) is 28.4 Å². The molecule has 0 radical (unpaired) electrons. The fraction of sp³-hybridized carbons (Fsp3) is 0.350. The number of ketones is 1. The number of aryl methyl sites for hydroxylation is 2. The van der Waals surface area contributed by atoms with Crippen LogP contribution < -0.4 is 9.47 Å². The van der Waals surface area contributed by atoms with E-state index >= 15 is 0 Å². The molecule has 25 heavy (non-hydrogen) atoms. The second-order valence-electron chi connectivity index (χ2n) is 6.88. The number of allylic oxidation sites excluding steroid dienone is 1. The number of rotatable bonds is 2. The zero-order chi connectivity index (χ0) is 17.7. The first kappa shape index (κ1) is 16.0. The fourth-order valence-electron chi connectivity index (χ4n) is 3.24. The van der Waals surface area contributed by atoms with E-state index in [1.54, 1.807) is 6.08 Å². The van der Waals surface area contributed by atoms with Gasteiger partial charge in [0.15, 0.2) is 5.76 Å². The van der Waals surface area contributed by atoms with Crippen molar-refractivity contribution in [3.05, 3.63) is 52.2 Å². The van der Waals surface area contributed by atoms with Gasteiger partial charge < -0.3 is 13.9 Å². The highest BCUT2D eigenvalue weighted by atomic mass is 16.5. The van der Waals surface area contributed by atoms with Crippen LogP contribution in [0.4, 0.5) is 0 Å². The van der Waals surface area contributed by atoms with E-state index in [1.807, 2.05) is 32.0 Å². The van der Waals surface area contributed by atoms with E-state index in [4.69, 9.17) is 13.9 Å². The molecular formula is C20H21NO4. The van der Waals surface area contributed by atoms with Gasteiger partial charge in [-0.15, -0.1) is 0 Å². The summed E-state index contributed by atoms with van der Waals surface area (Å²) in [4.78, 5) is 15.0. The van der Waals surface area contributed by atoms with Crippen LogP contribution in [0.2, 0.25) is 0 Å². The highest BCUT2D eigenvalue weighted by Gasteiger charge is 2.35. The first-order valence-corrected chi connectivity index (χ1v) is 8.48. The Morgan fingerprint density at radius 3 is 2.72 bits per heavy atom. The zero-order valence-corrected chi connectivity index (χ0v) is 14.9. The van der Waals surface area contributed by atoms with Crippen molar-refractivity contribution in [1.29, 1.82) is 0 Å². The smallest absolute Gasteiger partial charge is 0.232 e. The van der Waals surface area contributed by atoms with Gasteiger partial charge in [-0.2, -0.15) is 0 Å². The zero-order valence-electron chi connectivity index (χ0n) is 14.9. The Bertz CT molecular complexity index is 891. The number of hydrogen-bond acceptors (Lipinski definition) is 5. The van der Waals surface area contributed by atoms with E-state index in [2.05, 4.69) is 18.7 Å². The van der Waals surface area contributed by atoms with E-state index in [0.717, 1.165) is 22.6 Å². The summed E-state index contributed by atoms with van der Waals surface area (Å²) in [5.41, 5.74) is 2.44. The Kier molecular flexibility index (Phi) is 3.69. The van der Waals surface area contributed by atoms with Gasteiger partial charge in [0.05, 0.1) is 11.1 Å². The van der Waals surface area contributed by atoms with E-state index in [0.29, 0.717) is 42.1 Å². The van der Waals surface area contributed by atoms with Crippen molar-refractivity contribution in [1.82, 2.24) is 4.90 Å². The second-order valence-corrected chi connectivity index (χ2v) is 6.88. The molecule has 2 aliphatic rings. The molecule has 3 heterocycles. The number of fused-ring (bicyclic) bond motifs is 3. The highest BCUT2D eigenvalue weighted by molar-refractivity contribution is 6.15. The molecule has 0 spiro atoms. The molecule has 1 aromatic carbocycles. The number of Topliss-reactive ketones (excluding diaryl/α,β-unsaturated/α-hetero) is 1. The van der Waals surface area contributed by atoms with Gasteiger partial charge in [-0.05, 0) is 51.5 Å². The lowest BCUT2D eigenvalue weighted by atomic mass is 9.98. The Hall–Kier alpha value is -2.53. The van der Waals surface area contributed by atoms with Crippen LogP contribution in [0.25, 0.3) is 6.08 Å². The molecule has 1 aromatic heterocycles. The minimum atomic E-state index is -0.106. The predicted octanol–water partition coefficient (Wildman–Crippen LogP) is 4.07. The maximum Gasteiger partial charge on any atom is 0.232 e. The van der Waals surface area contributed by atoms with Gasteiger partial charge in [-0.3, -0.25) is 9.69 Å². The summed E-state index contributed by atoms with van der Waals surface area (Å²) in [6.07, 6.45) is 1.66. The Balaban J connectivity index is 1.77. The normalized spacial score (nSPS) is 18.3. The van der Waals surface area contributed by atoms with Crippen molar-refractivity contribution in [2.75, 3.05) is 6.73 Å². The van der Waals surface area contributed by atoms with Crippen molar-refractivity contribution in [3.8, 4) is 11.5 Å². The summed E-state index contributed by atoms with van der Waals surface area (Å²) in [6, 6.07) is 5.98. The summed E-state index contributed by atoms with van der Waals surface area (Å²) in [5.74, 6) is 3.02. The van der Waals surface area contributed by atoms with Crippen LogP contribution in [0.5, 0.6) is 11.5 Å². The van der Waals surface area contributed by atoms with Crippen LogP contribution in [-0.4, -0.2) is 23.5 Å². The molecular weight excluding hydrogens is 318 g/mol. The number of furan rings is 1. The second kappa shape index (κ2) is 5.77. The van der Waals surface area contributed by atoms with Gasteiger partial charge in [-0.25, -0.2) is 0 Å². The number of carbonyl (C=O) groups excluding carboxylic acids is 1. The number of ether oxygens (including phenoxy) is 2. The average Bonchev–Trinajstić information content (AvgIpc) is 3.12. The lowest BCUT2D eigenvalue weighted by molar-refractivity contribution is 0.0673. The van der Waals surface area contributed by atoms with E-state index < -0.39 is 0 Å². The van der Waals surface area contributed by atoms with Crippen molar-refractivity contribution in [2.45, 2.75) is 40.3 Å². The van der Waals surface area contributed by atoms with Crippen LogP contribution in [0, 0.1) is 13.8 Å². The monoisotopic (exact) mass is 339 g/mol. The molecule has 0 atom stereocenters. The number of nitrogens with zero attached hydrogens (tertiary/aromatic N) is 1. The molecule has 0 N–H and O–H groups in total. The molecule has 0 aliphatic carbocycles. The third-order valence-corrected chi connectivity index (χ3v) is 4.72. The van der Waals surface area contributed by atoms with E-state index in [9.17, 15) is 4.79 Å². The maximum absolute atomic E-state index is 12.8. The Morgan fingerprint density at radius 1 is 1.24 bits per heavy atom. The molecule has 0 saturated heterocycles. The minimum absolute atomic E-state index is 0.106. The Labute approximate surface area is 146 Å². The van der Waals surface area contributed by atoms with Crippen molar-refractivity contribution in [2.24, 2.45) is 0 Å². The van der Waals surface area contributed by atoms with E-state index in [1.165, 1.54) is 0 Å². The van der Waals surface area contributed by atoms with Gasteiger partial charge >= 0.3 is 0 Å². The highest BCUT2D eigenvalue weighted by Crippen LogP contribution is 2.44. The van der Waals surface area contributed by atoms with Crippen LogP contribution in [0.1, 0.15) is 46.9 Å². The molecule has 0 amide bonds. The van der Waals surface area contributed by atoms with Crippen LogP contribution >= 0.6 is 0 Å². The first-order chi connectivity index (χ1) is 11.9. The molecule has 0 fully saturated rings. The summed E-state index contributed by atoms with van der Waals surface area (Å²) < 4.78 is 17.4. The maximum atomic E-state index is 12.8. The van der Waals surface area contributed by atoms with Gasteiger partial charge in [0.1, 0.15) is 29.8 Å². The molecule has 4 rings (SSSR count). The van der Waals surface area contributed by atoms with Crippen LogP contribution in [0.3, 0.4) is 0 Å². The molecule has 2 aliphatic heterocycles. The van der Waals surface area contributed by atoms with E-state index in [-0.39, 0.29) is 5.78 Å². The number of benzene rings is 1. The summed E-state index contributed by atoms with van der Waals surface area (Å²) in [6.45, 7) is 9.28. The number of carbonyl (C=O) groups is 1. The third kappa shape index (κ3) is 2.65. The molecule has 2 aromatic rings. The summed E-state index contributed by atoms with van der Waals surface area (Å²) in [7, 11) is 0. The lowest BCUT2D eigenvalue weighted by Crippen LogP contribution is -2.37. The van der Waals surface area contributed by atoms with Crippen molar-refractivity contribution >= 4 is 11.9 Å². The van der Waals surface area contributed by atoms with Gasteiger partial charge in [0.2, 0.25) is 5.78 Å². The molecule has 0 unspecified atom stereocenters. The lowest BCUT2D eigenvalue weighted by Gasteiger charge is -2.32. The molecule has 5 nitrogen and oxygen atoms in total. The van der Waals surface area contributed by atoms with Crippen molar-refractivity contribution in [3.63, 3.8) is 0 Å². The fourth-order valence-corrected chi connectivity index (χ4v) is 3.24. The largest absolute Gasteiger partial charge is 0.478 e. The quantitative estimate of drug-likeness (QED) is 0.772. The standard InChI is InChI=1S/C20H21NO4/c1-11(2)21-9-15-16(23-10-21)7-12(3)18-19(22)17(25-20(15)18)8-14-6-5-13(4)24-14/h5-8,11H,9-10H2,1-4H3/b17-8-. The van der Waals surface area contributed by atoms with Gasteiger partial charge in [0.25, 0.3) is 0 Å². The molecule has 0 bridgehead atoms. The molecule has 5 heteroatoms. The molecule has 0 saturated carbocycles. The van der Waals surface area contributed by atoms with Gasteiger partial charge in [-0.1, -0.05) is 0 Å². The Morgan fingerprint density at radius 2 is 2.04 bits per heavy atom. The minimum Gasteiger partial charge on any atom is -0.478 e. The SMILES string of the molecule is Cc1ccc(/C=C2\Oc3c4c(cc(C)c3C2=O)OCN(C(C)C)C4)o1. The summed E-state index contributed by atoms with van der Waals surface area (Å²) in [5, 5.41) is 0. The third-order valence-electron chi connectivity index (χ3n) is 4.72.